The minimum atomic E-state index is -0.516. The van der Waals surface area contributed by atoms with Gasteiger partial charge < -0.3 is 11.1 Å². The van der Waals surface area contributed by atoms with Gasteiger partial charge in [-0.25, -0.2) is 4.79 Å². The molecule has 1 atom stereocenters. The first-order valence-electron chi connectivity index (χ1n) is 5.87. The molecule has 0 aliphatic rings. The number of H-pyrrole nitrogens is 1. The summed E-state index contributed by atoms with van der Waals surface area (Å²) in [5.74, 6) is 2.67. The lowest BCUT2D eigenvalue weighted by Gasteiger charge is -2.18. The molecular formula is C12H18N4O2. The van der Waals surface area contributed by atoms with E-state index in [0.29, 0.717) is 13.0 Å². The summed E-state index contributed by atoms with van der Waals surface area (Å²) in [5, 5.41) is 3.00. The van der Waals surface area contributed by atoms with Crippen molar-refractivity contribution in [1.82, 2.24) is 9.55 Å². The van der Waals surface area contributed by atoms with Gasteiger partial charge in [-0.05, 0) is 13.3 Å². The molecule has 1 heterocycles. The van der Waals surface area contributed by atoms with Gasteiger partial charge >= 0.3 is 5.69 Å². The van der Waals surface area contributed by atoms with E-state index in [-0.39, 0.29) is 17.5 Å². The van der Waals surface area contributed by atoms with Crippen LogP contribution in [0.2, 0.25) is 0 Å². The fourth-order valence-corrected chi connectivity index (χ4v) is 1.69. The first-order chi connectivity index (χ1) is 8.54. The highest BCUT2D eigenvalue weighted by Crippen LogP contribution is 2.13. The Morgan fingerprint density at radius 3 is 2.67 bits per heavy atom. The van der Waals surface area contributed by atoms with Crippen LogP contribution < -0.4 is 22.3 Å². The Kier molecular flexibility index (Phi) is 4.60. The maximum atomic E-state index is 11.7. The molecule has 0 bridgehead atoms. The molecule has 0 saturated carbocycles. The van der Waals surface area contributed by atoms with E-state index in [1.165, 1.54) is 4.57 Å². The average Bonchev–Trinajstić information content (AvgIpc) is 2.33. The third-order valence-corrected chi connectivity index (χ3v) is 2.76. The zero-order chi connectivity index (χ0) is 13.7. The lowest BCUT2D eigenvalue weighted by Crippen LogP contribution is -2.35. The smallest absolute Gasteiger partial charge is 0.330 e. The van der Waals surface area contributed by atoms with Crippen molar-refractivity contribution in [3.8, 4) is 12.3 Å². The standard InChI is InChI=1S/C12H18N4O2/c1-4-7-8(5-2)14-9-10(13)16(6-3)12(18)15-11(9)17/h1,8,14H,5-7,13H2,2-3H3,(H,15,17,18). The molecule has 98 valence electrons. The van der Waals surface area contributed by atoms with Crippen LogP contribution >= 0.6 is 0 Å². The molecule has 6 nitrogen and oxygen atoms in total. The molecule has 0 fully saturated rings. The number of aromatic nitrogens is 2. The van der Waals surface area contributed by atoms with E-state index in [2.05, 4.69) is 16.2 Å². The summed E-state index contributed by atoms with van der Waals surface area (Å²) in [6.45, 7) is 4.12. The Bertz CT molecular complexity index is 565. The minimum absolute atomic E-state index is 0.0405. The van der Waals surface area contributed by atoms with E-state index in [1.54, 1.807) is 6.92 Å². The van der Waals surface area contributed by atoms with Crippen LogP contribution in [-0.4, -0.2) is 15.6 Å². The molecule has 6 heteroatoms. The minimum Gasteiger partial charge on any atom is -0.383 e. The molecule has 1 aromatic heterocycles. The van der Waals surface area contributed by atoms with Crippen LogP contribution in [0.15, 0.2) is 9.59 Å². The molecule has 0 radical (unpaired) electrons. The maximum Gasteiger partial charge on any atom is 0.330 e. The van der Waals surface area contributed by atoms with Gasteiger partial charge in [0, 0.05) is 19.0 Å². The fraction of sp³-hybridized carbons (Fsp3) is 0.500. The van der Waals surface area contributed by atoms with Crippen LogP contribution in [0.3, 0.4) is 0 Å². The second-order valence-corrected chi connectivity index (χ2v) is 3.92. The number of nitrogen functional groups attached to an aromatic ring is 1. The molecule has 0 aliphatic carbocycles. The first kappa shape index (κ1) is 13.9. The average molecular weight is 250 g/mol. The fourth-order valence-electron chi connectivity index (χ4n) is 1.69. The second-order valence-electron chi connectivity index (χ2n) is 3.92. The number of hydrogen-bond donors (Lipinski definition) is 3. The Hall–Kier alpha value is -2.16. The highest BCUT2D eigenvalue weighted by Gasteiger charge is 2.14. The van der Waals surface area contributed by atoms with E-state index >= 15 is 0 Å². The number of anilines is 2. The molecule has 0 spiro atoms. The summed E-state index contributed by atoms with van der Waals surface area (Å²) in [6.07, 6.45) is 6.50. The summed E-state index contributed by atoms with van der Waals surface area (Å²) in [4.78, 5) is 25.4. The van der Waals surface area contributed by atoms with Gasteiger partial charge in [-0.15, -0.1) is 12.3 Å². The summed E-state index contributed by atoms with van der Waals surface area (Å²) < 4.78 is 1.30. The predicted molar refractivity (Wildman–Crippen MR) is 72.6 cm³/mol. The van der Waals surface area contributed by atoms with E-state index in [9.17, 15) is 9.59 Å². The van der Waals surface area contributed by atoms with Crippen molar-refractivity contribution in [2.75, 3.05) is 11.1 Å². The van der Waals surface area contributed by atoms with Crippen LogP contribution in [0.4, 0.5) is 11.5 Å². The predicted octanol–water partition coefficient (Wildman–Crippen LogP) is 0.352. The Labute approximate surface area is 105 Å². The van der Waals surface area contributed by atoms with Crippen molar-refractivity contribution < 1.29 is 0 Å². The van der Waals surface area contributed by atoms with Gasteiger partial charge in [0.25, 0.3) is 5.56 Å². The molecule has 1 aromatic rings. The van der Waals surface area contributed by atoms with Crippen molar-refractivity contribution in [2.45, 2.75) is 39.3 Å². The van der Waals surface area contributed by atoms with Gasteiger partial charge in [-0.1, -0.05) is 6.92 Å². The lowest BCUT2D eigenvalue weighted by molar-refractivity contribution is 0.687. The molecule has 1 rings (SSSR count). The van der Waals surface area contributed by atoms with Crippen LogP contribution in [-0.2, 0) is 6.54 Å². The summed E-state index contributed by atoms with van der Waals surface area (Å²) in [7, 11) is 0. The van der Waals surface area contributed by atoms with Gasteiger partial charge in [-0.2, -0.15) is 0 Å². The van der Waals surface area contributed by atoms with Gasteiger partial charge in [0.15, 0.2) is 0 Å². The second kappa shape index (κ2) is 5.96. The summed E-state index contributed by atoms with van der Waals surface area (Å²) in [5.41, 5.74) is 5.01. The molecule has 0 aromatic carbocycles. The van der Waals surface area contributed by atoms with E-state index < -0.39 is 11.2 Å². The Balaban J connectivity index is 3.21. The molecule has 1 unspecified atom stereocenters. The first-order valence-corrected chi connectivity index (χ1v) is 5.87. The van der Waals surface area contributed by atoms with Crippen molar-refractivity contribution in [3.63, 3.8) is 0 Å². The number of hydrogen-bond acceptors (Lipinski definition) is 4. The summed E-state index contributed by atoms with van der Waals surface area (Å²) in [6, 6.07) is -0.0405. The lowest BCUT2D eigenvalue weighted by atomic mass is 10.1. The van der Waals surface area contributed by atoms with Gasteiger partial charge in [-0.3, -0.25) is 14.3 Å². The van der Waals surface area contributed by atoms with Gasteiger partial charge in [0.05, 0.1) is 0 Å². The van der Waals surface area contributed by atoms with Gasteiger partial charge in [0.1, 0.15) is 11.5 Å². The number of rotatable bonds is 5. The third kappa shape index (κ3) is 2.74. The largest absolute Gasteiger partial charge is 0.383 e. The quantitative estimate of drug-likeness (QED) is 0.657. The molecular weight excluding hydrogens is 232 g/mol. The molecule has 0 amide bonds. The Morgan fingerprint density at radius 1 is 1.50 bits per heavy atom. The van der Waals surface area contributed by atoms with Crippen LogP contribution in [0, 0.1) is 12.3 Å². The van der Waals surface area contributed by atoms with Crippen molar-refractivity contribution in [2.24, 2.45) is 0 Å². The maximum absolute atomic E-state index is 11.7. The zero-order valence-electron chi connectivity index (χ0n) is 10.6. The van der Waals surface area contributed by atoms with Crippen LogP contribution in [0.1, 0.15) is 26.7 Å². The van der Waals surface area contributed by atoms with E-state index in [4.69, 9.17) is 12.2 Å². The summed E-state index contributed by atoms with van der Waals surface area (Å²) >= 11 is 0. The topological polar surface area (TPSA) is 92.9 Å². The van der Waals surface area contributed by atoms with Crippen molar-refractivity contribution >= 4 is 11.5 Å². The van der Waals surface area contributed by atoms with E-state index in [0.717, 1.165) is 6.42 Å². The van der Waals surface area contributed by atoms with Crippen molar-refractivity contribution in [3.05, 3.63) is 20.8 Å². The molecule has 0 aliphatic heterocycles. The zero-order valence-corrected chi connectivity index (χ0v) is 10.6. The van der Waals surface area contributed by atoms with Crippen LogP contribution in [0.5, 0.6) is 0 Å². The monoisotopic (exact) mass is 250 g/mol. The normalized spacial score (nSPS) is 11.8. The molecule has 18 heavy (non-hydrogen) atoms. The molecule has 4 N–H and O–H groups in total. The highest BCUT2D eigenvalue weighted by molar-refractivity contribution is 5.60. The number of nitrogens with one attached hydrogen (secondary N) is 2. The van der Waals surface area contributed by atoms with Crippen molar-refractivity contribution in [1.29, 1.82) is 0 Å². The third-order valence-electron chi connectivity index (χ3n) is 2.76. The van der Waals surface area contributed by atoms with Crippen LogP contribution in [0.25, 0.3) is 0 Å². The number of nitrogens with zero attached hydrogens (tertiary/aromatic N) is 1. The molecule has 0 saturated heterocycles. The number of nitrogens with two attached hydrogens (primary N) is 1. The number of terminal acetylenes is 1. The SMILES string of the molecule is C#CCC(CC)Nc1c(N)n(CC)c(=O)[nH]c1=O. The number of aromatic amines is 1. The van der Waals surface area contributed by atoms with Gasteiger partial charge in [0.2, 0.25) is 0 Å². The Morgan fingerprint density at radius 2 is 2.17 bits per heavy atom. The van der Waals surface area contributed by atoms with E-state index in [1.807, 2.05) is 6.92 Å². The highest BCUT2D eigenvalue weighted by atomic mass is 16.2.